The Morgan fingerprint density at radius 2 is 2.15 bits per heavy atom. The molecule has 1 N–H and O–H groups in total. The second-order valence-corrected chi connectivity index (χ2v) is 7.72. The van der Waals surface area contributed by atoms with Crippen LogP contribution >= 0.6 is 0 Å². The Labute approximate surface area is 189 Å². The van der Waals surface area contributed by atoms with Crippen LogP contribution in [0.4, 0.5) is 14.9 Å². The fraction of sp³-hybridized carbons (Fsp3) is 0.364. The van der Waals surface area contributed by atoms with Gasteiger partial charge in [-0.05, 0) is 35.9 Å². The Morgan fingerprint density at radius 3 is 2.82 bits per heavy atom. The van der Waals surface area contributed by atoms with Crippen molar-refractivity contribution in [2.24, 2.45) is 7.05 Å². The van der Waals surface area contributed by atoms with Crippen LogP contribution in [-0.4, -0.2) is 56.4 Å². The van der Waals surface area contributed by atoms with Crippen molar-refractivity contribution in [2.75, 3.05) is 18.0 Å². The van der Waals surface area contributed by atoms with Crippen LogP contribution in [0.5, 0.6) is 0 Å². The van der Waals surface area contributed by atoms with E-state index in [0.29, 0.717) is 34.8 Å². The van der Waals surface area contributed by atoms with Crippen molar-refractivity contribution >= 4 is 17.7 Å². The molecular formula is C22H24FN7O3. The lowest BCUT2D eigenvalue weighted by Gasteiger charge is -2.14. The Bertz CT molecular complexity index is 1150. The number of unbranched alkanes of at least 4 members (excludes halogenated alkanes) is 1. The third-order valence-electron chi connectivity index (χ3n) is 5.23. The molecule has 33 heavy (non-hydrogen) atoms. The predicted molar refractivity (Wildman–Crippen MR) is 118 cm³/mol. The van der Waals surface area contributed by atoms with Gasteiger partial charge in [-0.3, -0.25) is 14.7 Å². The summed E-state index contributed by atoms with van der Waals surface area (Å²) < 4.78 is 20.2. The summed E-state index contributed by atoms with van der Waals surface area (Å²) in [7, 11) is 1.66. The Hall–Kier alpha value is -3.89. The molecule has 1 saturated heterocycles. The minimum Gasteiger partial charge on any atom is -0.442 e. The first-order chi connectivity index (χ1) is 15.9. The molecule has 3 aromatic rings. The van der Waals surface area contributed by atoms with Crippen LogP contribution in [0.3, 0.4) is 0 Å². The zero-order valence-corrected chi connectivity index (χ0v) is 18.4. The molecule has 0 aliphatic carbocycles. The van der Waals surface area contributed by atoms with Gasteiger partial charge < -0.3 is 10.1 Å². The quantitative estimate of drug-likeness (QED) is 0.558. The van der Waals surface area contributed by atoms with Gasteiger partial charge in [0.1, 0.15) is 17.6 Å². The van der Waals surface area contributed by atoms with E-state index in [9.17, 15) is 14.0 Å². The second-order valence-electron chi connectivity index (χ2n) is 7.72. The fourth-order valence-corrected chi connectivity index (χ4v) is 3.47. The van der Waals surface area contributed by atoms with Crippen LogP contribution in [0.1, 0.15) is 26.2 Å². The lowest BCUT2D eigenvalue weighted by Crippen LogP contribution is -2.34. The Morgan fingerprint density at radius 1 is 1.30 bits per heavy atom. The molecule has 4 rings (SSSR count). The smallest absolute Gasteiger partial charge is 0.414 e. The van der Waals surface area contributed by atoms with Gasteiger partial charge in [0.05, 0.1) is 25.8 Å². The predicted octanol–water partition coefficient (Wildman–Crippen LogP) is 2.71. The number of amides is 2. The summed E-state index contributed by atoms with van der Waals surface area (Å²) >= 11 is 0. The third-order valence-corrected chi connectivity index (χ3v) is 5.23. The number of aryl methyl sites for hydroxylation is 1. The number of nitrogens with zero attached hydrogens (tertiary/aromatic N) is 6. The van der Waals surface area contributed by atoms with E-state index in [0.717, 1.165) is 12.8 Å². The number of carbonyl (C=O) groups is 2. The Kier molecular flexibility index (Phi) is 6.57. The molecule has 0 bridgehead atoms. The molecule has 1 aliphatic rings. The average Bonchev–Trinajstić information content (AvgIpc) is 3.41. The van der Waals surface area contributed by atoms with Crippen molar-refractivity contribution in [3.63, 3.8) is 0 Å². The van der Waals surface area contributed by atoms with Crippen molar-refractivity contribution in [3.8, 4) is 22.6 Å². The number of pyridine rings is 1. The largest absolute Gasteiger partial charge is 0.442 e. The van der Waals surface area contributed by atoms with Gasteiger partial charge in [-0.25, -0.2) is 9.18 Å². The number of anilines is 1. The van der Waals surface area contributed by atoms with Gasteiger partial charge in [-0.15, -0.1) is 10.2 Å². The van der Waals surface area contributed by atoms with E-state index >= 15 is 0 Å². The van der Waals surface area contributed by atoms with Crippen molar-refractivity contribution in [3.05, 3.63) is 42.3 Å². The van der Waals surface area contributed by atoms with E-state index in [1.165, 1.54) is 22.0 Å². The van der Waals surface area contributed by atoms with Crippen molar-refractivity contribution < 1.29 is 18.7 Å². The van der Waals surface area contributed by atoms with Gasteiger partial charge in [0.15, 0.2) is 0 Å². The molecule has 0 radical (unpaired) electrons. The highest BCUT2D eigenvalue weighted by atomic mass is 19.1. The van der Waals surface area contributed by atoms with Crippen LogP contribution in [0.15, 0.2) is 36.5 Å². The number of tetrazole rings is 1. The summed E-state index contributed by atoms with van der Waals surface area (Å²) in [5, 5.41) is 14.5. The van der Waals surface area contributed by atoms with Gasteiger partial charge in [0.25, 0.3) is 0 Å². The monoisotopic (exact) mass is 453 g/mol. The summed E-state index contributed by atoms with van der Waals surface area (Å²) in [5.41, 5.74) is 1.83. The van der Waals surface area contributed by atoms with Crippen LogP contribution in [0.2, 0.25) is 0 Å². The summed E-state index contributed by atoms with van der Waals surface area (Å²) in [4.78, 5) is 31.0. The molecular weight excluding hydrogens is 429 g/mol. The number of rotatable bonds is 8. The minimum atomic E-state index is -0.572. The standard InChI is InChI=1S/C22H24FN7O3/c1-3-4-5-20(31)25-12-16-13-30(22(32)33-16)15-7-8-17(18(23)10-15)14-6-9-19(24-11-14)21-26-28-29(2)27-21/h6-11,16H,3-5,12-13H2,1-2H3,(H,25,31)/t16-/m0/s1. The molecule has 1 aliphatic heterocycles. The molecule has 0 unspecified atom stereocenters. The molecule has 0 saturated carbocycles. The van der Waals surface area contributed by atoms with Crippen LogP contribution < -0.4 is 10.2 Å². The lowest BCUT2D eigenvalue weighted by molar-refractivity contribution is -0.121. The summed E-state index contributed by atoms with van der Waals surface area (Å²) in [6.07, 6.45) is 2.66. The maximum atomic E-state index is 14.9. The van der Waals surface area contributed by atoms with E-state index in [2.05, 4.69) is 25.7 Å². The number of cyclic esters (lactones) is 1. The number of hydrogen-bond acceptors (Lipinski definition) is 7. The number of halogens is 1. The third kappa shape index (κ3) is 5.13. The molecule has 2 aromatic heterocycles. The van der Waals surface area contributed by atoms with Gasteiger partial charge >= 0.3 is 6.09 Å². The molecule has 2 amide bonds. The number of nitrogens with one attached hydrogen (secondary N) is 1. The maximum absolute atomic E-state index is 14.9. The highest BCUT2D eigenvalue weighted by Gasteiger charge is 2.32. The molecule has 10 nitrogen and oxygen atoms in total. The van der Waals surface area contributed by atoms with Gasteiger partial charge in [0, 0.05) is 23.7 Å². The zero-order valence-electron chi connectivity index (χ0n) is 18.4. The van der Waals surface area contributed by atoms with Crippen LogP contribution in [0, 0.1) is 5.82 Å². The van der Waals surface area contributed by atoms with Crippen LogP contribution in [-0.2, 0) is 16.6 Å². The topological polar surface area (TPSA) is 115 Å². The number of aromatic nitrogens is 5. The second kappa shape index (κ2) is 9.72. The molecule has 1 atom stereocenters. The van der Waals surface area contributed by atoms with E-state index in [-0.39, 0.29) is 19.0 Å². The first-order valence-corrected chi connectivity index (χ1v) is 10.7. The SMILES string of the molecule is CCCCC(=O)NC[C@H]1CN(c2ccc(-c3ccc(-c4nnn(C)n4)nc3)c(F)c2)C(=O)O1. The highest BCUT2D eigenvalue weighted by Crippen LogP contribution is 2.29. The van der Waals surface area contributed by atoms with Gasteiger partial charge in [-0.1, -0.05) is 19.4 Å². The average molecular weight is 453 g/mol. The zero-order chi connectivity index (χ0) is 23.4. The van der Waals surface area contributed by atoms with Gasteiger partial charge in [-0.2, -0.15) is 4.80 Å². The molecule has 1 fully saturated rings. The summed E-state index contributed by atoms with van der Waals surface area (Å²) in [6, 6.07) is 7.95. The van der Waals surface area contributed by atoms with Gasteiger partial charge in [0.2, 0.25) is 11.7 Å². The maximum Gasteiger partial charge on any atom is 0.414 e. The number of benzene rings is 1. The van der Waals surface area contributed by atoms with Crippen molar-refractivity contribution in [2.45, 2.75) is 32.3 Å². The molecule has 11 heteroatoms. The number of hydrogen-bond donors (Lipinski definition) is 1. The molecule has 172 valence electrons. The molecule has 1 aromatic carbocycles. The van der Waals surface area contributed by atoms with E-state index in [1.54, 1.807) is 31.3 Å². The molecule has 0 spiro atoms. The van der Waals surface area contributed by atoms with E-state index in [1.807, 2.05) is 6.92 Å². The fourth-order valence-electron chi connectivity index (χ4n) is 3.47. The normalized spacial score (nSPS) is 15.5. The lowest BCUT2D eigenvalue weighted by atomic mass is 10.1. The van der Waals surface area contributed by atoms with E-state index < -0.39 is 18.0 Å². The highest BCUT2D eigenvalue weighted by molar-refractivity contribution is 5.90. The van der Waals surface area contributed by atoms with Crippen molar-refractivity contribution in [1.82, 2.24) is 30.5 Å². The number of ether oxygens (including phenoxy) is 1. The first kappa shape index (κ1) is 22.3. The summed E-state index contributed by atoms with van der Waals surface area (Å²) in [5.74, 6) is -0.191. The van der Waals surface area contributed by atoms with E-state index in [4.69, 9.17) is 4.74 Å². The minimum absolute atomic E-state index is 0.0727. The first-order valence-electron chi connectivity index (χ1n) is 10.7. The van der Waals surface area contributed by atoms with Crippen molar-refractivity contribution in [1.29, 1.82) is 0 Å². The Balaban J connectivity index is 1.42. The number of carbonyl (C=O) groups excluding carboxylic acids is 2. The molecule has 3 heterocycles. The summed E-state index contributed by atoms with van der Waals surface area (Å²) in [6.45, 7) is 2.47. The van der Waals surface area contributed by atoms with Crippen LogP contribution in [0.25, 0.3) is 22.6 Å².